The Morgan fingerprint density at radius 2 is 1.81 bits per heavy atom. The number of nitro groups is 1. The lowest BCUT2D eigenvalue weighted by atomic mass is 10.1. The fourth-order valence-corrected chi connectivity index (χ4v) is 3.68. The summed E-state index contributed by atoms with van der Waals surface area (Å²) in [6.07, 6.45) is 8.75. The molecule has 0 radical (unpaired) electrons. The van der Waals surface area contributed by atoms with Crippen LogP contribution in [0.1, 0.15) is 79.6 Å². The molecule has 0 saturated heterocycles. The molecule has 1 aromatic heterocycles. The van der Waals surface area contributed by atoms with Crippen molar-refractivity contribution >= 4 is 16.6 Å². The highest BCUT2D eigenvalue weighted by molar-refractivity contribution is 5.89. The molecule has 0 unspecified atom stereocenters. The highest BCUT2D eigenvalue weighted by Gasteiger charge is 2.23. The predicted octanol–water partition coefficient (Wildman–Crippen LogP) is 6.75. The number of benzene rings is 1. The summed E-state index contributed by atoms with van der Waals surface area (Å²) in [6.45, 7) is 10.2. The quantitative estimate of drug-likeness (QED) is 0.148. The Labute approximate surface area is 190 Å². The van der Waals surface area contributed by atoms with Crippen molar-refractivity contribution in [2.75, 3.05) is 0 Å². The van der Waals surface area contributed by atoms with Crippen LogP contribution in [0.4, 0.5) is 5.69 Å². The molecule has 0 fully saturated rings. The lowest BCUT2D eigenvalue weighted by Gasteiger charge is -2.20. The van der Waals surface area contributed by atoms with Crippen molar-refractivity contribution in [2.24, 2.45) is 0 Å². The van der Waals surface area contributed by atoms with E-state index in [0.717, 1.165) is 19.3 Å². The van der Waals surface area contributed by atoms with Gasteiger partial charge in [-0.3, -0.25) is 14.9 Å². The topological polar surface area (TPSA) is 83.6 Å². The SMILES string of the molecule is CC=C(CC)Oc1c(OC(C)C)c(=O)n(CCCCCCCC)c2cc([N+](=O)[O-])ccc12. The van der Waals surface area contributed by atoms with Gasteiger partial charge in [0.25, 0.3) is 11.2 Å². The van der Waals surface area contributed by atoms with Crippen LogP contribution in [0.15, 0.2) is 34.8 Å². The molecule has 0 aliphatic heterocycles. The fourth-order valence-electron chi connectivity index (χ4n) is 3.68. The van der Waals surface area contributed by atoms with E-state index in [1.165, 1.54) is 31.4 Å². The number of aromatic nitrogens is 1. The van der Waals surface area contributed by atoms with Crippen molar-refractivity contribution in [3.8, 4) is 11.5 Å². The third-order valence-electron chi connectivity index (χ3n) is 5.37. The van der Waals surface area contributed by atoms with Gasteiger partial charge in [-0.1, -0.05) is 46.0 Å². The minimum Gasteiger partial charge on any atom is -0.482 e. The number of aryl methyl sites for hydroxylation is 1. The first-order valence-electron chi connectivity index (χ1n) is 11.7. The van der Waals surface area contributed by atoms with E-state index >= 15 is 0 Å². The second-order valence-electron chi connectivity index (χ2n) is 8.22. The van der Waals surface area contributed by atoms with Gasteiger partial charge >= 0.3 is 0 Å². The standard InChI is InChI=1S/C25H36N2O5/c1-6-9-10-11-12-13-16-26-22-17-19(27(29)30)14-15-21(22)23(32-20(7-2)8-3)24(25(26)28)31-18(4)5/h7,14-15,17-18H,6,8-13,16H2,1-5H3. The monoisotopic (exact) mass is 444 g/mol. The van der Waals surface area contributed by atoms with Crippen LogP contribution < -0.4 is 15.0 Å². The molecule has 2 aromatic rings. The minimum atomic E-state index is -0.443. The van der Waals surface area contributed by atoms with Gasteiger partial charge in [-0.2, -0.15) is 0 Å². The van der Waals surface area contributed by atoms with E-state index in [0.29, 0.717) is 35.4 Å². The van der Waals surface area contributed by atoms with Crippen molar-refractivity contribution in [1.82, 2.24) is 4.57 Å². The number of pyridine rings is 1. The Kier molecular flexibility index (Phi) is 9.75. The second kappa shape index (κ2) is 12.3. The van der Waals surface area contributed by atoms with Crippen LogP contribution >= 0.6 is 0 Å². The third kappa shape index (κ3) is 6.34. The molecule has 7 heteroatoms. The molecule has 0 N–H and O–H groups in total. The summed E-state index contributed by atoms with van der Waals surface area (Å²) in [5, 5.41) is 12.1. The number of hydrogen-bond acceptors (Lipinski definition) is 5. The molecular weight excluding hydrogens is 408 g/mol. The molecule has 0 aliphatic rings. The van der Waals surface area contributed by atoms with Crippen LogP contribution in [0.2, 0.25) is 0 Å². The zero-order valence-electron chi connectivity index (χ0n) is 20.0. The van der Waals surface area contributed by atoms with Crippen LogP contribution in [-0.2, 0) is 6.54 Å². The maximum Gasteiger partial charge on any atom is 0.297 e. The van der Waals surface area contributed by atoms with E-state index in [9.17, 15) is 14.9 Å². The van der Waals surface area contributed by atoms with Crippen molar-refractivity contribution in [1.29, 1.82) is 0 Å². The molecule has 0 aliphatic carbocycles. The molecule has 0 amide bonds. The zero-order valence-corrected chi connectivity index (χ0v) is 20.0. The largest absolute Gasteiger partial charge is 0.482 e. The number of fused-ring (bicyclic) bond motifs is 1. The summed E-state index contributed by atoms with van der Waals surface area (Å²) in [7, 11) is 0. The Balaban J connectivity index is 2.63. The molecule has 2 rings (SSSR count). The number of nitrogens with zero attached hydrogens (tertiary/aromatic N) is 2. The number of unbranched alkanes of at least 4 members (excludes halogenated alkanes) is 5. The lowest BCUT2D eigenvalue weighted by molar-refractivity contribution is -0.384. The number of hydrogen-bond donors (Lipinski definition) is 0. The summed E-state index contributed by atoms with van der Waals surface area (Å²) in [5.74, 6) is 1.18. The van der Waals surface area contributed by atoms with Crippen LogP contribution in [0, 0.1) is 10.1 Å². The van der Waals surface area contributed by atoms with Crippen LogP contribution in [0.25, 0.3) is 10.9 Å². The van der Waals surface area contributed by atoms with Crippen LogP contribution in [0.3, 0.4) is 0 Å². The normalized spacial score (nSPS) is 11.9. The van der Waals surface area contributed by atoms with Gasteiger partial charge in [0.05, 0.1) is 22.3 Å². The lowest BCUT2D eigenvalue weighted by Crippen LogP contribution is -2.25. The first kappa shape index (κ1) is 25.4. The summed E-state index contributed by atoms with van der Waals surface area (Å²) in [5.41, 5.74) is 0.121. The average Bonchev–Trinajstić information content (AvgIpc) is 2.77. The maximum atomic E-state index is 13.5. The maximum absolute atomic E-state index is 13.5. The first-order valence-corrected chi connectivity index (χ1v) is 11.7. The Bertz CT molecular complexity index is 1010. The molecule has 7 nitrogen and oxygen atoms in total. The zero-order chi connectivity index (χ0) is 23.7. The predicted molar refractivity (Wildman–Crippen MR) is 129 cm³/mol. The van der Waals surface area contributed by atoms with E-state index in [1.54, 1.807) is 10.6 Å². The van der Waals surface area contributed by atoms with E-state index in [-0.39, 0.29) is 23.1 Å². The third-order valence-corrected chi connectivity index (χ3v) is 5.37. The van der Waals surface area contributed by atoms with Crippen LogP contribution in [0.5, 0.6) is 11.5 Å². The number of rotatable bonds is 13. The van der Waals surface area contributed by atoms with Gasteiger partial charge in [-0.05, 0) is 39.3 Å². The van der Waals surface area contributed by atoms with Gasteiger partial charge in [0, 0.05) is 30.5 Å². The summed E-state index contributed by atoms with van der Waals surface area (Å²) in [4.78, 5) is 24.5. The number of allylic oxidation sites excluding steroid dienone is 2. The second-order valence-corrected chi connectivity index (χ2v) is 8.22. The number of nitro benzene ring substituents is 1. The van der Waals surface area contributed by atoms with Crippen molar-refractivity contribution in [3.63, 3.8) is 0 Å². The Morgan fingerprint density at radius 3 is 2.41 bits per heavy atom. The summed E-state index contributed by atoms with van der Waals surface area (Å²) in [6, 6.07) is 4.55. The van der Waals surface area contributed by atoms with Crippen molar-refractivity contribution in [2.45, 2.75) is 92.2 Å². The first-order chi connectivity index (χ1) is 15.3. The number of non-ortho nitro benzene ring substituents is 1. The highest BCUT2D eigenvalue weighted by atomic mass is 16.6. The Hall–Kier alpha value is -2.83. The summed E-state index contributed by atoms with van der Waals surface area (Å²) < 4.78 is 13.7. The van der Waals surface area contributed by atoms with E-state index in [4.69, 9.17) is 9.47 Å². The average molecular weight is 445 g/mol. The molecule has 0 bridgehead atoms. The molecule has 1 heterocycles. The van der Waals surface area contributed by atoms with E-state index in [2.05, 4.69) is 6.92 Å². The molecule has 32 heavy (non-hydrogen) atoms. The van der Waals surface area contributed by atoms with Crippen LogP contribution in [-0.4, -0.2) is 15.6 Å². The van der Waals surface area contributed by atoms with Crippen molar-refractivity contribution < 1.29 is 14.4 Å². The molecule has 0 spiro atoms. The van der Waals surface area contributed by atoms with Gasteiger partial charge in [-0.15, -0.1) is 0 Å². The van der Waals surface area contributed by atoms with Gasteiger partial charge in [0.2, 0.25) is 5.75 Å². The molecular formula is C25H36N2O5. The van der Waals surface area contributed by atoms with Gasteiger partial charge < -0.3 is 14.0 Å². The molecule has 0 atom stereocenters. The molecule has 1 aromatic carbocycles. The fraction of sp³-hybridized carbons (Fsp3) is 0.560. The molecule has 0 saturated carbocycles. The number of ether oxygens (including phenoxy) is 2. The van der Waals surface area contributed by atoms with Crippen molar-refractivity contribution in [3.05, 3.63) is 50.5 Å². The van der Waals surface area contributed by atoms with E-state index < -0.39 is 4.92 Å². The summed E-state index contributed by atoms with van der Waals surface area (Å²) >= 11 is 0. The van der Waals surface area contributed by atoms with Gasteiger partial charge in [0.1, 0.15) is 0 Å². The minimum absolute atomic E-state index is 0.0566. The van der Waals surface area contributed by atoms with Gasteiger partial charge in [-0.25, -0.2) is 0 Å². The molecule has 176 valence electrons. The Morgan fingerprint density at radius 1 is 1.12 bits per heavy atom. The van der Waals surface area contributed by atoms with E-state index in [1.807, 2.05) is 33.8 Å². The smallest absolute Gasteiger partial charge is 0.297 e. The highest BCUT2D eigenvalue weighted by Crippen LogP contribution is 2.36. The van der Waals surface area contributed by atoms with Gasteiger partial charge in [0.15, 0.2) is 5.75 Å².